The van der Waals surface area contributed by atoms with E-state index in [0.29, 0.717) is 37.3 Å². The molecule has 0 heterocycles. The van der Waals surface area contributed by atoms with Crippen LogP contribution in [0.3, 0.4) is 0 Å². The van der Waals surface area contributed by atoms with Crippen LogP contribution in [0.4, 0.5) is 0 Å². The van der Waals surface area contributed by atoms with Crippen molar-refractivity contribution < 1.29 is 14.6 Å². The van der Waals surface area contributed by atoms with Gasteiger partial charge in [0.15, 0.2) is 0 Å². The van der Waals surface area contributed by atoms with Crippen molar-refractivity contribution in [3.8, 4) is 5.75 Å². The van der Waals surface area contributed by atoms with Gasteiger partial charge in [-0.25, -0.2) is 0 Å². The van der Waals surface area contributed by atoms with E-state index in [4.69, 9.17) is 10.5 Å². The number of ether oxygens (including phenoxy) is 1. The van der Waals surface area contributed by atoms with Gasteiger partial charge < -0.3 is 20.9 Å². The Hall–Kier alpha value is -2.37. The van der Waals surface area contributed by atoms with E-state index in [1.807, 2.05) is 62.4 Å². The molecule has 0 spiro atoms. The second-order valence-electron chi connectivity index (χ2n) is 6.76. The SMILES string of the molecule is CCC(CC)(CN)C(=O)NCC(O)c1cccc(OCc2ccccc2)c1. The molecule has 0 saturated carbocycles. The summed E-state index contributed by atoms with van der Waals surface area (Å²) in [5, 5.41) is 13.3. The third-order valence-corrected chi connectivity index (χ3v) is 5.17. The highest BCUT2D eigenvalue weighted by Gasteiger charge is 2.33. The molecular weight excluding hydrogens is 340 g/mol. The van der Waals surface area contributed by atoms with Gasteiger partial charge in [0.25, 0.3) is 0 Å². The van der Waals surface area contributed by atoms with Crippen molar-refractivity contribution in [1.29, 1.82) is 0 Å². The number of hydrogen-bond acceptors (Lipinski definition) is 4. The van der Waals surface area contributed by atoms with E-state index in [1.165, 1.54) is 0 Å². The van der Waals surface area contributed by atoms with Gasteiger partial charge >= 0.3 is 0 Å². The molecule has 1 unspecified atom stereocenters. The van der Waals surface area contributed by atoms with Gasteiger partial charge in [0, 0.05) is 13.1 Å². The zero-order valence-corrected chi connectivity index (χ0v) is 16.2. The van der Waals surface area contributed by atoms with Crippen LogP contribution in [-0.4, -0.2) is 24.1 Å². The molecule has 0 fully saturated rings. The summed E-state index contributed by atoms with van der Waals surface area (Å²) in [7, 11) is 0. The van der Waals surface area contributed by atoms with Crippen LogP contribution in [0.2, 0.25) is 0 Å². The van der Waals surface area contributed by atoms with Gasteiger partial charge in [0.1, 0.15) is 12.4 Å². The van der Waals surface area contributed by atoms with Gasteiger partial charge in [-0.15, -0.1) is 0 Å². The van der Waals surface area contributed by atoms with Crippen molar-refractivity contribution in [3.63, 3.8) is 0 Å². The fourth-order valence-electron chi connectivity index (χ4n) is 3.00. The summed E-state index contributed by atoms with van der Waals surface area (Å²) in [6.45, 7) is 4.82. The minimum Gasteiger partial charge on any atom is -0.489 e. The molecule has 0 bridgehead atoms. The maximum atomic E-state index is 12.5. The Balaban J connectivity index is 1.94. The van der Waals surface area contributed by atoms with E-state index in [0.717, 1.165) is 5.56 Å². The summed E-state index contributed by atoms with van der Waals surface area (Å²) in [4.78, 5) is 12.5. The van der Waals surface area contributed by atoms with Crippen LogP contribution in [-0.2, 0) is 11.4 Å². The minimum absolute atomic E-state index is 0.106. The number of hydrogen-bond donors (Lipinski definition) is 3. The molecule has 5 nitrogen and oxygen atoms in total. The Morgan fingerprint density at radius 2 is 1.85 bits per heavy atom. The Kier molecular flexibility index (Phi) is 7.82. The van der Waals surface area contributed by atoms with E-state index in [9.17, 15) is 9.90 Å². The third-order valence-electron chi connectivity index (χ3n) is 5.17. The van der Waals surface area contributed by atoms with Crippen molar-refractivity contribution in [1.82, 2.24) is 5.32 Å². The number of benzene rings is 2. The molecule has 146 valence electrons. The van der Waals surface area contributed by atoms with Crippen molar-refractivity contribution >= 4 is 5.91 Å². The lowest BCUT2D eigenvalue weighted by Crippen LogP contribution is -2.46. The number of aliphatic hydroxyl groups excluding tert-OH is 1. The van der Waals surface area contributed by atoms with E-state index in [1.54, 1.807) is 6.07 Å². The van der Waals surface area contributed by atoms with Crippen LogP contribution in [0, 0.1) is 5.41 Å². The first-order valence-electron chi connectivity index (χ1n) is 9.47. The lowest BCUT2D eigenvalue weighted by atomic mass is 9.81. The first-order valence-corrected chi connectivity index (χ1v) is 9.47. The summed E-state index contributed by atoms with van der Waals surface area (Å²) >= 11 is 0. The fourth-order valence-corrected chi connectivity index (χ4v) is 3.00. The zero-order valence-electron chi connectivity index (χ0n) is 16.2. The molecule has 0 saturated heterocycles. The maximum Gasteiger partial charge on any atom is 0.227 e. The van der Waals surface area contributed by atoms with Crippen LogP contribution >= 0.6 is 0 Å². The van der Waals surface area contributed by atoms with Crippen LogP contribution in [0.25, 0.3) is 0 Å². The van der Waals surface area contributed by atoms with E-state index in [2.05, 4.69) is 5.32 Å². The molecule has 1 atom stereocenters. The van der Waals surface area contributed by atoms with Gasteiger partial charge in [-0.3, -0.25) is 4.79 Å². The molecule has 1 amide bonds. The number of nitrogens with one attached hydrogen (secondary N) is 1. The van der Waals surface area contributed by atoms with Gasteiger partial charge in [-0.1, -0.05) is 56.3 Å². The number of carbonyl (C=O) groups excluding carboxylic acids is 1. The molecular formula is C22H30N2O3. The second-order valence-corrected chi connectivity index (χ2v) is 6.76. The van der Waals surface area contributed by atoms with Gasteiger partial charge in [0.2, 0.25) is 5.91 Å². The standard InChI is InChI=1S/C22H30N2O3/c1-3-22(4-2,16-23)21(26)24-14-20(25)18-11-8-12-19(13-18)27-15-17-9-6-5-7-10-17/h5-13,20,25H,3-4,14-16,23H2,1-2H3,(H,24,26). The molecule has 0 aromatic heterocycles. The lowest BCUT2D eigenvalue weighted by molar-refractivity contribution is -0.131. The lowest BCUT2D eigenvalue weighted by Gasteiger charge is -2.29. The van der Waals surface area contributed by atoms with E-state index in [-0.39, 0.29) is 12.5 Å². The topological polar surface area (TPSA) is 84.6 Å². The highest BCUT2D eigenvalue weighted by molar-refractivity contribution is 5.82. The second kappa shape index (κ2) is 10.1. The molecule has 27 heavy (non-hydrogen) atoms. The fraction of sp³-hybridized carbons (Fsp3) is 0.409. The summed E-state index contributed by atoms with van der Waals surface area (Å²) in [6, 6.07) is 17.2. The Bertz CT molecular complexity index is 706. The molecule has 0 aliphatic carbocycles. The highest BCUT2D eigenvalue weighted by atomic mass is 16.5. The molecule has 0 radical (unpaired) electrons. The molecule has 5 heteroatoms. The smallest absolute Gasteiger partial charge is 0.227 e. The third kappa shape index (κ3) is 5.55. The Morgan fingerprint density at radius 3 is 2.48 bits per heavy atom. The summed E-state index contributed by atoms with van der Waals surface area (Å²) in [6.07, 6.45) is 0.536. The molecule has 2 rings (SSSR count). The van der Waals surface area contributed by atoms with Crippen LogP contribution in [0.1, 0.15) is 43.9 Å². The average molecular weight is 370 g/mol. The highest BCUT2D eigenvalue weighted by Crippen LogP contribution is 2.25. The monoisotopic (exact) mass is 370 g/mol. The summed E-state index contributed by atoms with van der Waals surface area (Å²) < 4.78 is 5.80. The quantitative estimate of drug-likeness (QED) is 0.600. The van der Waals surface area contributed by atoms with Gasteiger partial charge in [-0.05, 0) is 36.1 Å². The van der Waals surface area contributed by atoms with Crippen molar-refractivity contribution in [2.45, 2.75) is 39.4 Å². The first-order chi connectivity index (χ1) is 13.0. The van der Waals surface area contributed by atoms with Gasteiger partial charge in [0.05, 0.1) is 11.5 Å². The first kappa shape index (κ1) is 20.9. The van der Waals surface area contributed by atoms with Crippen molar-refractivity contribution in [2.75, 3.05) is 13.1 Å². The van der Waals surface area contributed by atoms with Crippen LogP contribution < -0.4 is 15.8 Å². The number of carbonyl (C=O) groups is 1. The number of aliphatic hydroxyl groups is 1. The van der Waals surface area contributed by atoms with Crippen LogP contribution in [0.5, 0.6) is 5.75 Å². The zero-order chi connectivity index (χ0) is 19.7. The molecule has 0 aliphatic heterocycles. The molecule has 2 aromatic carbocycles. The number of rotatable bonds is 10. The normalized spacial score (nSPS) is 12.4. The van der Waals surface area contributed by atoms with E-state index < -0.39 is 11.5 Å². The molecule has 2 aromatic rings. The number of amides is 1. The van der Waals surface area contributed by atoms with E-state index >= 15 is 0 Å². The average Bonchev–Trinajstić information content (AvgIpc) is 2.73. The summed E-state index contributed by atoms with van der Waals surface area (Å²) in [5.41, 5.74) is 7.02. The van der Waals surface area contributed by atoms with Crippen molar-refractivity contribution in [3.05, 3.63) is 65.7 Å². The minimum atomic E-state index is -0.807. The summed E-state index contributed by atoms with van der Waals surface area (Å²) in [5.74, 6) is 0.575. The Labute approximate surface area is 161 Å². The molecule has 4 N–H and O–H groups in total. The predicted molar refractivity (Wildman–Crippen MR) is 107 cm³/mol. The van der Waals surface area contributed by atoms with Crippen molar-refractivity contribution in [2.24, 2.45) is 11.1 Å². The van der Waals surface area contributed by atoms with Crippen LogP contribution in [0.15, 0.2) is 54.6 Å². The number of nitrogens with two attached hydrogens (primary N) is 1. The predicted octanol–water partition coefficient (Wildman–Crippen LogP) is 3.18. The van der Waals surface area contributed by atoms with Gasteiger partial charge in [-0.2, -0.15) is 0 Å². The largest absolute Gasteiger partial charge is 0.489 e. The maximum absolute atomic E-state index is 12.5. The Morgan fingerprint density at radius 1 is 1.15 bits per heavy atom. The molecule has 0 aliphatic rings.